The molecule has 0 aliphatic carbocycles. The first kappa shape index (κ1) is 44.9. The number of aliphatic hydroxyl groups is 2. The average Bonchev–Trinajstić information content (AvgIpc) is 2.94. The number of hydrogen-bond acceptors (Lipinski definition) is 10. The van der Waals surface area contributed by atoms with E-state index in [4.69, 9.17) is 5.11 Å². The summed E-state index contributed by atoms with van der Waals surface area (Å²) in [5.41, 5.74) is 5.49. The Kier molecular flexibility index (Phi) is 20.3. The van der Waals surface area contributed by atoms with E-state index in [2.05, 4.69) is 32.1 Å². The molecule has 15 nitrogen and oxygen atoms in total. The third-order valence-electron chi connectivity index (χ3n) is 7.64. The van der Waals surface area contributed by atoms with E-state index in [0.717, 1.165) is 0 Å². The average molecular weight is 687 g/mol. The summed E-state index contributed by atoms with van der Waals surface area (Å²) < 4.78 is 0. The summed E-state index contributed by atoms with van der Waals surface area (Å²) in [6.45, 7) is 19.5. The van der Waals surface area contributed by atoms with Crippen LogP contribution in [0.4, 0.5) is 0 Å². The summed E-state index contributed by atoms with van der Waals surface area (Å²) in [6.07, 6.45) is -2.88. The van der Waals surface area contributed by atoms with Gasteiger partial charge in [-0.25, -0.2) is 5.43 Å². The number of carbonyl (C=O) groups excluding carboxylic acids is 5. The minimum absolute atomic E-state index is 0.00357. The third-order valence-corrected chi connectivity index (χ3v) is 7.64. The fourth-order valence-electron chi connectivity index (χ4n) is 4.79. The number of carbonyl (C=O) groups is 6. The Morgan fingerprint density at radius 1 is 0.542 bits per heavy atom. The quantitative estimate of drug-likeness (QED) is 0.0715. The van der Waals surface area contributed by atoms with Crippen molar-refractivity contribution in [2.45, 2.75) is 144 Å². The standard InChI is InChI=1S/C33H62N6O9/c1-16(2)12-22(34-32(47)28(18(5)6)37-33(48)29(19(7)8)36-30(45)20(9)10)24(40)14-26(42)35-31(46)21(11)38-39-23(13-17(3)4)25(41)15-27(43)44/h16-25,28-29,38-41H,12-15H2,1-11H3,(H,34,47)(H,36,45)(H,37,48)(H,43,44)(H,35,42,46)/t21-,22-,23-,24-,25-,28-,29-/m0/s1. The number of nitrogens with one attached hydrogen (secondary N) is 6. The van der Waals surface area contributed by atoms with Crippen LogP contribution in [0.15, 0.2) is 0 Å². The summed E-state index contributed by atoms with van der Waals surface area (Å²) in [4.78, 5) is 75.4. The maximum atomic E-state index is 13.4. The number of rotatable bonds is 22. The molecule has 0 aromatic rings. The van der Waals surface area contributed by atoms with Gasteiger partial charge >= 0.3 is 5.97 Å². The van der Waals surface area contributed by atoms with E-state index in [1.165, 1.54) is 6.92 Å². The molecular formula is C33H62N6O9. The van der Waals surface area contributed by atoms with Crippen molar-refractivity contribution in [3.63, 3.8) is 0 Å². The van der Waals surface area contributed by atoms with E-state index >= 15 is 0 Å². The van der Waals surface area contributed by atoms with Crippen LogP contribution in [0.1, 0.15) is 102 Å². The first-order valence-corrected chi connectivity index (χ1v) is 16.9. The predicted molar refractivity (Wildman–Crippen MR) is 181 cm³/mol. The van der Waals surface area contributed by atoms with Gasteiger partial charge in [-0.1, -0.05) is 69.2 Å². The van der Waals surface area contributed by atoms with Crippen LogP contribution in [0.5, 0.6) is 0 Å². The van der Waals surface area contributed by atoms with Crippen molar-refractivity contribution in [1.82, 2.24) is 32.1 Å². The number of aliphatic hydroxyl groups excluding tert-OH is 2. The second kappa shape index (κ2) is 21.8. The third kappa shape index (κ3) is 17.3. The van der Waals surface area contributed by atoms with Gasteiger partial charge in [0.25, 0.3) is 0 Å². The minimum Gasteiger partial charge on any atom is -0.481 e. The number of carboxylic acid groups (broad SMARTS) is 1. The van der Waals surface area contributed by atoms with Gasteiger partial charge in [0.15, 0.2) is 0 Å². The lowest BCUT2D eigenvalue weighted by molar-refractivity contribution is -0.140. The molecular weight excluding hydrogens is 624 g/mol. The van der Waals surface area contributed by atoms with Crippen LogP contribution in [-0.4, -0.2) is 93.2 Å². The maximum absolute atomic E-state index is 13.4. The Morgan fingerprint density at radius 2 is 0.979 bits per heavy atom. The molecule has 0 spiro atoms. The molecule has 0 rings (SSSR count). The fourth-order valence-corrected chi connectivity index (χ4v) is 4.79. The Labute approximate surface area is 285 Å². The minimum atomic E-state index is -1.37. The van der Waals surface area contributed by atoms with Crippen LogP contribution < -0.4 is 32.1 Å². The maximum Gasteiger partial charge on any atom is 0.306 e. The topological polar surface area (TPSA) is 235 Å². The van der Waals surface area contributed by atoms with Crippen molar-refractivity contribution < 1.29 is 44.1 Å². The van der Waals surface area contributed by atoms with Crippen LogP contribution in [0, 0.1) is 29.6 Å². The molecule has 0 aromatic heterocycles. The van der Waals surface area contributed by atoms with Crippen molar-refractivity contribution in [2.75, 3.05) is 0 Å². The van der Waals surface area contributed by atoms with E-state index in [-0.39, 0.29) is 35.5 Å². The molecule has 15 heteroatoms. The molecule has 278 valence electrons. The second-order valence-electron chi connectivity index (χ2n) is 14.5. The number of hydrogen-bond donors (Lipinski definition) is 9. The summed E-state index contributed by atoms with van der Waals surface area (Å²) in [5, 5.41) is 40.7. The monoisotopic (exact) mass is 686 g/mol. The molecule has 0 unspecified atom stereocenters. The second-order valence-corrected chi connectivity index (χ2v) is 14.5. The zero-order valence-corrected chi connectivity index (χ0v) is 30.5. The summed E-state index contributed by atoms with van der Waals surface area (Å²) in [5.74, 6) is -4.89. The lowest BCUT2D eigenvalue weighted by Crippen LogP contribution is -2.59. The predicted octanol–water partition coefficient (Wildman–Crippen LogP) is 0.582. The van der Waals surface area contributed by atoms with Crippen LogP contribution in [0.2, 0.25) is 0 Å². The van der Waals surface area contributed by atoms with Gasteiger partial charge < -0.3 is 31.3 Å². The molecule has 48 heavy (non-hydrogen) atoms. The Bertz CT molecular complexity index is 1070. The number of carboxylic acids is 1. The van der Waals surface area contributed by atoms with Gasteiger partial charge in [-0.15, -0.1) is 0 Å². The highest BCUT2D eigenvalue weighted by molar-refractivity contribution is 5.97. The van der Waals surface area contributed by atoms with Gasteiger partial charge in [0, 0.05) is 12.0 Å². The summed E-state index contributed by atoms with van der Waals surface area (Å²) >= 11 is 0. The molecule has 0 bridgehead atoms. The fraction of sp³-hybridized carbons (Fsp3) is 0.818. The highest BCUT2D eigenvalue weighted by atomic mass is 16.4. The smallest absolute Gasteiger partial charge is 0.306 e. The summed E-state index contributed by atoms with van der Waals surface area (Å²) in [7, 11) is 0. The molecule has 0 heterocycles. The van der Waals surface area contributed by atoms with Gasteiger partial charge in [0.1, 0.15) is 12.1 Å². The van der Waals surface area contributed by atoms with Crippen LogP contribution in [0.3, 0.4) is 0 Å². The van der Waals surface area contributed by atoms with Gasteiger partial charge in [-0.2, -0.15) is 0 Å². The zero-order chi connectivity index (χ0) is 37.5. The molecule has 0 aromatic carbocycles. The zero-order valence-electron chi connectivity index (χ0n) is 30.5. The van der Waals surface area contributed by atoms with E-state index in [9.17, 15) is 39.0 Å². The lowest BCUT2D eigenvalue weighted by Gasteiger charge is -2.31. The van der Waals surface area contributed by atoms with Crippen molar-refractivity contribution in [1.29, 1.82) is 0 Å². The highest BCUT2D eigenvalue weighted by Crippen LogP contribution is 2.14. The van der Waals surface area contributed by atoms with E-state index < -0.39 is 84.9 Å². The van der Waals surface area contributed by atoms with Crippen molar-refractivity contribution >= 4 is 35.5 Å². The van der Waals surface area contributed by atoms with Crippen LogP contribution in [0.25, 0.3) is 0 Å². The lowest BCUT2D eigenvalue weighted by atomic mass is 9.95. The van der Waals surface area contributed by atoms with Gasteiger partial charge in [-0.3, -0.25) is 39.5 Å². The van der Waals surface area contributed by atoms with Gasteiger partial charge in [-0.05, 0) is 43.4 Å². The molecule has 5 amide bonds. The van der Waals surface area contributed by atoms with Crippen molar-refractivity contribution in [3.05, 3.63) is 0 Å². The number of amides is 5. The molecule has 0 fully saturated rings. The van der Waals surface area contributed by atoms with Crippen molar-refractivity contribution in [3.8, 4) is 0 Å². The first-order valence-electron chi connectivity index (χ1n) is 16.9. The SMILES string of the molecule is CC(C)C[C@H](NN[C@@H](C)C(=O)NC(=O)C[C@H](O)[C@H](CC(C)C)NC(=O)[C@@H](NC(=O)[C@@H](NC(=O)C(C)C)C(C)C)C(C)C)[C@@H](O)CC(=O)O. The van der Waals surface area contributed by atoms with Gasteiger partial charge in [0.2, 0.25) is 29.5 Å². The number of imide groups is 1. The molecule has 0 radical (unpaired) electrons. The molecule has 7 atom stereocenters. The Balaban J connectivity index is 5.50. The Hall–Kier alpha value is -3.14. The first-order chi connectivity index (χ1) is 22.1. The van der Waals surface area contributed by atoms with Gasteiger partial charge in [0.05, 0.1) is 37.1 Å². The molecule has 0 saturated heterocycles. The summed E-state index contributed by atoms with van der Waals surface area (Å²) in [6, 6.07) is -4.40. The molecule has 0 aliphatic heterocycles. The van der Waals surface area contributed by atoms with E-state index in [0.29, 0.717) is 12.8 Å². The van der Waals surface area contributed by atoms with E-state index in [1.807, 2.05) is 27.7 Å². The molecule has 0 saturated carbocycles. The Morgan fingerprint density at radius 3 is 1.42 bits per heavy atom. The largest absolute Gasteiger partial charge is 0.481 e. The number of hydrazine groups is 1. The van der Waals surface area contributed by atoms with E-state index in [1.54, 1.807) is 41.5 Å². The molecule has 0 aliphatic rings. The van der Waals surface area contributed by atoms with Crippen LogP contribution >= 0.6 is 0 Å². The van der Waals surface area contributed by atoms with Crippen LogP contribution in [-0.2, 0) is 28.8 Å². The highest BCUT2D eigenvalue weighted by Gasteiger charge is 2.34. The van der Waals surface area contributed by atoms with Crippen molar-refractivity contribution in [2.24, 2.45) is 29.6 Å². The normalized spacial score (nSPS) is 16.2. The molecule has 9 N–H and O–H groups in total. The number of aliphatic carboxylic acids is 1.